The third-order valence-electron chi connectivity index (χ3n) is 4.91. The van der Waals surface area contributed by atoms with E-state index in [4.69, 9.17) is 9.84 Å². The Morgan fingerprint density at radius 1 is 1.20 bits per heavy atom. The lowest BCUT2D eigenvalue weighted by Gasteiger charge is -2.16. The predicted octanol–water partition coefficient (Wildman–Crippen LogP) is 2.62. The van der Waals surface area contributed by atoms with Crippen LogP contribution in [0.3, 0.4) is 0 Å². The lowest BCUT2D eigenvalue weighted by atomic mass is 10.1. The van der Waals surface area contributed by atoms with Crippen LogP contribution in [0, 0.1) is 0 Å². The van der Waals surface area contributed by atoms with Gasteiger partial charge in [-0.3, -0.25) is 14.2 Å². The number of amides is 1. The highest BCUT2D eigenvalue weighted by molar-refractivity contribution is 5.77. The molecule has 2 aromatic heterocycles. The molecule has 2 heterocycles. The molecule has 0 bridgehead atoms. The number of aryl methyl sites for hydroxylation is 1. The summed E-state index contributed by atoms with van der Waals surface area (Å²) in [6.45, 7) is 3.87. The second kappa shape index (κ2) is 9.63. The number of nitrogens with one attached hydrogen (secondary N) is 1. The predicted molar refractivity (Wildman–Crippen MR) is 117 cm³/mol. The fourth-order valence-electron chi connectivity index (χ4n) is 3.52. The Hall–Kier alpha value is -3.06. The van der Waals surface area contributed by atoms with Crippen LogP contribution in [-0.4, -0.2) is 39.7 Å². The van der Waals surface area contributed by atoms with Gasteiger partial charge < -0.3 is 19.6 Å². The average Bonchev–Trinajstić information content (AvgIpc) is 3.13. The minimum Gasteiger partial charge on any atom is -0.497 e. The van der Waals surface area contributed by atoms with Crippen molar-refractivity contribution in [2.24, 2.45) is 0 Å². The summed E-state index contributed by atoms with van der Waals surface area (Å²) in [6.07, 6.45) is 6.17. The molecule has 0 unspecified atom stereocenters. The number of carbonyl (C=O) groups excluding carboxylic acids is 1. The Morgan fingerprint density at radius 3 is 2.70 bits per heavy atom. The Labute approximate surface area is 175 Å². The molecule has 160 valence electrons. The summed E-state index contributed by atoms with van der Waals surface area (Å²) in [4.78, 5) is 25.8. The van der Waals surface area contributed by atoms with Crippen molar-refractivity contribution >= 4 is 11.4 Å². The van der Waals surface area contributed by atoms with Crippen LogP contribution < -0.4 is 15.6 Å². The number of hydrogen-bond acceptors (Lipinski definition) is 4. The van der Waals surface area contributed by atoms with Crippen molar-refractivity contribution in [2.45, 2.75) is 45.7 Å². The summed E-state index contributed by atoms with van der Waals surface area (Å²) < 4.78 is 8.67. The highest BCUT2D eigenvalue weighted by Crippen LogP contribution is 2.24. The molecule has 3 aromatic rings. The number of unbranched alkanes of at least 4 members (excludes halogenated alkanes) is 1. The molecule has 0 saturated heterocycles. The van der Waals surface area contributed by atoms with E-state index < -0.39 is 0 Å². The van der Waals surface area contributed by atoms with E-state index in [1.165, 1.54) is 4.57 Å². The van der Waals surface area contributed by atoms with E-state index in [2.05, 4.69) is 5.32 Å². The normalized spacial score (nSPS) is 11.2. The summed E-state index contributed by atoms with van der Waals surface area (Å²) in [6, 6.07) is 9.30. The zero-order valence-electron chi connectivity index (χ0n) is 17.7. The zero-order chi connectivity index (χ0) is 21.7. The monoisotopic (exact) mass is 411 g/mol. The summed E-state index contributed by atoms with van der Waals surface area (Å²) in [5.41, 5.74) is 2.77. The molecule has 0 aliphatic rings. The minimum atomic E-state index is -0.220. The Bertz CT molecular complexity index is 1080. The molecule has 7 nitrogen and oxygen atoms in total. The fourth-order valence-corrected chi connectivity index (χ4v) is 3.52. The number of aliphatic hydroxyl groups is 1. The first-order chi connectivity index (χ1) is 14.4. The van der Waals surface area contributed by atoms with Gasteiger partial charge in [0.2, 0.25) is 5.91 Å². The van der Waals surface area contributed by atoms with Crippen molar-refractivity contribution < 1.29 is 14.6 Å². The van der Waals surface area contributed by atoms with Gasteiger partial charge in [-0.1, -0.05) is 12.1 Å². The molecule has 0 spiro atoms. The van der Waals surface area contributed by atoms with E-state index in [9.17, 15) is 9.59 Å². The molecule has 0 aliphatic carbocycles. The van der Waals surface area contributed by atoms with Gasteiger partial charge in [0.1, 0.15) is 17.8 Å². The van der Waals surface area contributed by atoms with Gasteiger partial charge in [0.15, 0.2) is 0 Å². The lowest BCUT2D eigenvalue weighted by molar-refractivity contribution is -0.122. The maximum absolute atomic E-state index is 13.3. The van der Waals surface area contributed by atoms with E-state index in [1.807, 2.05) is 61.0 Å². The highest BCUT2D eigenvalue weighted by atomic mass is 16.5. The van der Waals surface area contributed by atoms with Crippen LogP contribution in [0.4, 0.5) is 0 Å². The summed E-state index contributed by atoms with van der Waals surface area (Å²) in [7, 11) is 1.59. The van der Waals surface area contributed by atoms with Crippen molar-refractivity contribution in [3.63, 3.8) is 0 Å². The van der Waals surface area contributed by atoms with Crippen LogP contribution in [-0.2, 0) is 17.8 Å². The molecule has 3 rings (SSSR count). The van der Waals surface area contributed by atoms with E-state index in [-0.39, 0.29) is 30.7 Å². The first kappa shape index (κ1) is 21.6. The van der Waals surface area contributed by atoms with Gasteiger partial charge in [0.05, 0.1) is 12.8 Å². The summed E-state index contributed by atoms with van der Waals surface area (Å²) >= 11 is 0. The molecular weight excluding hydrogens is 382 g/mol. The molecule has 2 N–H and O–H groups in total. The van der Waals surface area contributed by atoms with Gasteiger partial charge in [0.25, 0.3) is 5.56 Å². The van der Waals surface area contributed by atoms with E-state index in [1.54, 1.807) is 7.11 Å². The van der Waals surface area contributed by atoms with Gasteiger partial charge in [-0.15, -0.1) is 0 Å². The molecule has 1 aromatic carbocycles. The van der Waals surface area contributed by atoms with Crippen LogP contribution in [0.2, 0.25) is 0 Å². The number of carbonyl (C=O) groups is 1. The Morgan fingerprint density at radius 2 is 2.00 bits per heavy atom. The smallest absolute Gasteiger partial charge is 0.275 e. The van der Waals surface area contributed by atoms with Crippen LogP contribution in [0.5, 0.6) is 5.75 Å². The van der Waals surface area contributed by atoms with Gasteiger partial charge in [-0.2, -0.15) is 0 Å². The standard InChI is InChI=1S/C23H29N3O4/c1-16(2)24-22(28)15-26-21(18-8-6-9-19(12-18)30-3)14-25-13-17(7-4-5-10-27)11-20(25)23(26)29/h6,8-9,11-14,16,27H,4-5,7,10,15H2,1-3H3,(H,24,28). The van der Waals surface area contributed by atoms with Crippen molar-refractivity contribution in [1.82, 2.24) is 14.3 Å². The molecule has 0 atom stereocenters. The molecule has 0 fully saturated rings. The zero-order valence-corrected chi connectivity index (χ0v) is 17.7. The van der Waals surface area contributed by atoms with Gasteiger partial charge in [-0.25, -0.2) is 0 Å². The van der Waals surface area contributed by atoms with Crippen LogP contribution >= 0.6 is 0 Å². The summed E-state index contributed by atoms with van der Waals surface area (Å²) in [5, 5.41) is 11.9. The fraction of sp³-hybridized carbons (Fsp3) is 0.391. The van der Waals surface area contributed by atoms with E-state index in [0.717, 1.165) is 30.4 Å². The molecule has 0 aliphatic heterocycles. The number of fused-ring (bicyclic) bond motifs is 1. The van der Waals surface area contributed by atoms with E-state index in [0.29, 0.717) is 17.0 Å². The van der Waals surface area contributed by atoms with Crippen molar-refractivity contribution in [2.75, 3.05) is 13.7 Å². The van der Waals surface area contributed by atoms with Gasteiger partial charge >= 0.3 is 0 Å². The first-order valence-corrected chi connectivity index (χ1v) is 10.2. The Kier molecular flexibility index (Phi) is 6.95. The molecule has 0 radical (unpaired) electrons. The number of aliphatic hydroxyl groups excluding tert-OH is 1. The van der Waals surface area contributed by atoms with Crippen LogP contribution in [0.25, 0.3) is 16.8 Å². The number of methoxy groups -OCH3 is 1. The number of hydrogen-bond donors (Lipinski definition) is 2. The third kappa shape index (κ3) is 4.91. The van der Waals surface area contributed by atoms with Crippen molar-refractivity contribution in [3.05, 3.63) is 58.6 Å². The second-order valence-electron chi connectivity index (χ2n) is 7.68. The van der Waals surface area contributed by atoms with Gasteiger partial charge in [0, 0.05) is 30.6 Å². The maximum Gasteiger partial charge on any atom is 0.275 e. The average molecular weight is 412 g/mol. The van der Waals surface area contributed by atoms with E-state index >= 15 is 0 Å². The largest absolute Gasteiger partial charge is 0.497 e. The molecular formula is C23H29N3O4. The van der Waals surface area contributed by atoms with Gasteiger partial charge in [-0.05, 0) is 56.9 Å². The number of aromatic nitrogens is 2. The molecule has 7 heteroatoms. The molecule has 0 saturated carbocycles. The Balaban J connectivity index is 2.11. The number of ether oxygens (including phenoxy) is 1. The molecule has 1 amide bonds. The summed E-state index contributed by atoms with van der Waals surface area (Å²) in [5.74, 6) is 0.464. The van der Waals surface area contributed by atoms with Crippen LogP contribution in [0.1, 0.15) is 32.3 Å². The van der Waals surface area contributed by atoms with Crippen molar-refractivity contribution in [1.29, 1.82) is 0 Å². The minimum absolute atomic E-state index is 0.0105. The number of nitrogens with zero attached hydrogens (tertiary/aromatic N) is 2. The number of benzene rings is 1. The highest BCUT2D eigenvalue weighted by Gasteiger charge is 2.16. The topological polar surface area (TPSA) is 85.0 Å². The molecule has 30 heavy (non-hydrogen) atoms. The quantitative estimate of drug-likeness (QED) is 0.530. The maximum atomic E-state index is 13.3. The lowest BCUT2D eigenvalue weighted by Crippen LogP contribution is -2.36. The van der Waals surface area contributed by atoms with Crippen LogP contribution in [0.15, 0.2) is 47.5 Å². The van der Waals surface area contributed by atoms with Crippen molar-refractivity contribution in [3.8, 4) is 17.0 Å². The number of rotatable bonds is 9. The third-order valence-corrected chi connectivity index (χ3v) is 4.91. The second-order valence-corrected chi connectivity index (χ2v) is 7.68. The SMILES string of the molecule is COc1cccc(-c2cn3cc(CCCCO)cc3c(=O)n2CC(=O)NC(C)C)c1. The first-order valence-electron chi connectivity index (χ1n) is 10.2.